The molecule has 0 aliphatic rings. The molecule has 0 atom stereocenters. The first kappa shape index (κ1) is 25.6. The molecule has 33 heavy (non-hydrogen) atoms. The highest BCUT2D eigenvalue weighted by Gasteiger charge is 2.27. The van der Waals surface area contributed by atoms with Crippen molar-refractivity contribution in [2.24, 2.45) is 0 Å². The van der Waals surface area contributed by atoms with Crippen molar-refractivity contribution in [2.45, 2.75) is 20.8 Å². The number of anilines is 1. The third-order valence-electron chi connectivity index (χ3n) is 4.22. The van der Waals surface area contributed by atoms with Gasteiger partial charge in [-0.3, -0.25) is 4.79 Å². The first-order valence-corrected chi connectivity index (χ1v) is 10.9. The average molecular weight is 476 g/mol. The van der Waals surface area contributed by atoms with E-state index in [-0.39, 0.29) is 28.7 Å². The minimum atomic E-state index is -0.740. The number of amides is 1. The van der Waals surface area contributed by atoms with Crippen molar-refractivity contribution in [1.29, 1.82) is 0 Å². The zero-order chi connectivity index (χ0) is 24.4. The van der Waals surface area contributed by atoms with Gasteiger partial charge in [0.2, 0.25) is 0 Å². The van der Waals surface area contributed by atoms with Crippen LogP contribution in [0, 0.1) is 6.92 Å². The number of carbonyl (C=O) groups excluding carboxylic acids is 4. The summed E-state index contributed by atoms with van der Waals surface area (Å²) in [5, 5.41) is 2.62. The van der Waals surface area contributed by atoms with E-state index < -0.39 is 30.4 Å². The Morgan fingerprint density at radius 2 is 1.67 bits per heavy atom. The summed E-state index contributed by atoms with van der Waals surface area (Å²) in [4.78, 5) is 49.1. The molecule has 0 bridgehead atoms. The molecule has 176 valence electrons. The van der Waals surface area contributed by atoms with Gasteiger partial charge in [-0.05, 0) is 38.5 Å². The monoisotopic (exact) mass is 475 g/mol. The van der Waals surface area contributed by atoms with Crippen LogP contribution >= 0.6 is 11.3 Å². The lowest BCUT2D eigenvalue weighted by Crippen LogP contribution is -2.21. The van der Waals surface area contributed by atoms with Crippen LogP contribution in [0.2, 0.25) is 0 Å². The summed E-state index contributed by atoms with van der Waals surface area (Å²) in [5.74, 6) is -2.14. The van der Waals surface area contributed by atoms with Crippen LogP contribution in [0.1, 0.15) is 45.0 Å². The summed E-state index contributed by atoms with van der Waals surface area (Å²) in [6, 6.07) is 7.08. The number of hydrogen-bond acceptors (Lipinski definition) is 9. The van der Waals surface area contributed by atoms with Crippen molar-refractivity contribution in [3.63, 3.8) is 0 Å². The predicted molar refractivity (Wildman–Crippen MR) is 123 cm³/mol. The third-order valence-corrected chi connectivity index (χ3v) is 5.41. The van der Waals surface area contributed by atoms with E-state index in [2.05, 4.69) is 5.32 Å². The van der Waals surface area contributed by atoms with Crippen LogP contribution in [0.15, 0.2) is 30.3 Å². The summed E-state index contributed by atoms with van der Waals surface area (Å²) in [7, 11) is 1.51. The Morgan fingerprint density at radius 1 is 1.00 bits per heavy atom. The van der Waals surface area contributed by atoms with E-state index in [1.54, 1.807) is 45.0 Å². The lowest BCUT2D eigenvalue weighted by molar-refractivity contribution is -0.142. The molecule has 9 nitrogen and oxygen atoms in total. The van der Waals surface area contributed by atoms with Crippen molar-refractivity contribution in [3.05, 3.63) is 51.9 Å². The zero-order valence-electron chi connectivity index (χ0n) is 18.8. The number of nitrogens with one attached hydrogen (secondary N) is 1. The van der Waals surface area contributed by atoms with Crippen molar-refractivity contribution in [2.75, 3.05) is 32.2 Å². The number of ether oxygens (including phenoxy) is 4. The molecule has 1 aromatic heterocycles. The maximum Gasteiger partial charge on any atom is 0.348 e. The predicted octanol–water partition coefficient (Wildman–Crippen LogP) is 3.61. The van der Waals surface area contributed by atoms with Gasteiger partial charge in [0.15, 0.2) is 6.61 Å². The van der Waals surface area contributed by atoms with E-state index in [1.807, 2.05) is 0 Å². The minimum Gasteiger partial charge on any atom is -0.496 e. The maximum absolute atomic E-state index is 12.4. The van der Waals surface area contributed by atoms with Gasteiger partial charge < -0.3 is 24.3 Å². The Hall–Kier alpha value is -3.66. The fourth-order valence-electron chi connectivity index (χ4n) is 2.75. The second-order valence-corrected chi connectivity index (χ2v) is 7.45. The van der Waals surface area contributed by atoms with Crippen LogP contribution in [-0.4, -0.2) is 50.7 Å². The molecule has 1 N–H and O–H groups in total. The van der Waals surface area contributed by atoms with Crippen molar-refractivity contribution >= 4 is 46.2 Å². The van der Waals surface area contributed by atoms with E-state index in [1.165, 1.54) is 19.3 Å². The second kappa shape index (κ2) is 12.4. The van der Waals surface area contributed by atoms with Crippen LogP contribution in [0.4, 0.5) is 5.00 Å². The largest absolute Gasteiger partial charge is 0.496 e. The Labute approximate surface area is 195 Å². The molecule has 0 aliphatic carbocycles. The molecule has 2 aromatic rings. The molecule has 0 radical (unpaired) electrons. The normalized spacial score (nSPS) is 10.5. The first-order chi connectivity index (χ1) is 15.8. The van der Waals surface area contributed by atoms with Crippen LogP contribution in [0.3, 0.4) is 0 Å². The quantitative estimate of drug-likeness (QED) is 0.315. The van der Waals surface area contributed by atoms with E-state index >= 15 is 0 Å². The summed E-state index contributed by atoms with van der Waals surface area (Å²) < 4.78 is 20.2. The number of methoxy groups -OCH3 is 1. The van der Waals surface area contributed by atoms with E-state index in [0.29, 0.717) is 16.9 Å². The highest BCUT2D eigenvalue weighted by molar-refractivity contribution is 7.18. The van der Waals surface area contributed by atoms with Crippen LogP contribution in [-0.2, 0) is 23.8 Å². The van der Waals surface area contributed by atoms with Gasteiger partial charge in [-0.1, -0.05) is 18.2 Å². The molecular formula is C23H25NO8S. The molecule has 0 fully saturated rings. The number of hydrogen-bond donors (Lipinski definition) is 1. The van der Waals surface area contributed by atoms with Gasteiger partial charge in [0.1, 0.15) is 15.6 Å². The van der Waals surface area contributed by atoms with Crippen LogP contribution < -0.4 is 10.1 Å². The van der Waals surface area contributed by atoms with Gasteiger partial charge in [0.25, 0.3) is 5.91 Å². The highest BCUT2D eigenvalue weighted by atomic mass is 32.1. The maximum atomic E-state index is 12.4. The number of benzene rings is 1. The van der Waals surface area contributed by atoms with Gasteiger partial charge >= 0.3 is 17.9 Å². The van der Waals surface area contributed by atoms with Crippen molar-refractivity contribution < 1.29 is 38.1 Å². The molecule has 1 heterocycles. The molecule has 0 unspecified atom stereocenters. The number of para-hydroxylation sites is 1. The van der Waals surface area contributed by atoms with E-state index in [0.717, 1.165) is 11.3 Å². The summed E-state index contributed by atoms with van der Waals surface area (Å²) in [6.45, 7) is 4.54. The van der Waals surface area contributed by atoms with Crippen LogP contribution in [0.5, 0.6) is 5.75 Å². The Bertz CT molecular complexity index is 1060. The molecule has 0 aliphatic heterocycles. The Balaban J connectivity index is 2.08. The van der Waals surface area contributed by atoms with Crippen molar-refractivity contribution in [3.8, 4) is 5.75 Å². The van der Waals surface area contributed by atoms with Crippen LogP contribution in [0.25, 0.3) is 6.08 Å². The smallest absolute Gasteiger partial charge is 0.348 e. The lowest BCUT2D eigenvalue weighted by Gasteiger charge is -2.07. The topological polar surface area (TPSA) is 117 Å². The molecule has 10 heteroatoms. The number of esters is 3. The molecule has 0 spiro atoms. The van der Waals surface area contributed by atoms with Gasteiger partial charge in [-0.25, -0.2) is 14.4 Å². The summed E-state index contributed by atoms with van der Waals surface area (Å²) >= 11 is 0.887. The minimum absolute atomic E-state index is 0.0562. The molecule has 0 saturated heterocycles. The van der Waals surface area contributed by atoms with Gasteiger partial charge in [0.05, 0.1) is 25.9 Å². The molecule has 2 rings (SSSR count). The number of carbonyl (C=O) groups is 4. The van der Waals surface area contributed by atoms with E-state index in [4.69, 9.17) is 18.9 Å². The summed E-state index contributed by atoms with van der Waals surface area (Å²) in [5.41, 5.74) is 1.06. The third kappa shape index (κ3) is 6.91. The van der Waals surface area contributed by atoms with Gasteiger partial charge in [-0.2, -0.15) is 0 Å². The van der Waals surface area contributed by atoms with Gasteiger partial charge in [-0.15, -0.1) is 11.3 Å². The van der Waals surface area contributed by atoms with E-state index in [9.17, 15) is 19.2 Å². The molecule has 1 amide bonds. The standard InChI is InChI=1S/C23H25NO8S/c1-5-30-22(27)19-14(3)20(23(28)31-6-2)33-21(19)24-17(25)13-32-18(26)12-11-15-9-7-8-10-16(15)29-4/h7-12H,5-6,13H2,1-4H3,(H,24,25)/b12-11+. The highest BCUT2D eigenvalue weighted by Crippen LogP contribution is 2.34. The summed E-state index contributed by atoms with van der Waals surface area (Å²) in [6.07, 6.45) is 2.68. The second-order valence-electron chi connectivity index (χ2n) is 6.43. The van der Waals surface area contributed by atoms with Crippen molar-refractivity contribution in [1.82, 2.24) is 0 Å². The molecule has 1 aromatic carbocycles. The SMILES string of the molecule is CCOC(=O)c1sc(NC(=O)COC(=O)/C=C/c2ccccc2OC)c(C(=O)OCC)c1C. The number of thiophene rings is 1. The average Bonchev–Trinajstić information content (AvgIpc) is 3.12. The Morgan fingerprint density at radius 3 is 2.33 bits per heavy atom. The zero-order valence-corrected chi connectivity index (χ0v) is 19.6. The fourth-order valence-corrected chi connectivity index (χ4v) is 3.86. The lowest BCUT2D eigenvalue weighted by atomic mass is 10.1. The Kier molecular flexibility index (Phi) is 9.62. The molecular weight excluding hydrogens is 450 g/mol. The molecule has 0 saturated carbocycles. The van der Waals surface area contributed by atoms with Gasteiger partial charge in [0, 0.05) is 11.6 Å². The first-order valence-electron chi connectivity index (χ1n) is 10.1. The number of rotatable bonds is 10. The fraction of sp³-hybridized carbons (Fsp3) is 0.304.